The Morgan fingerprint density at radius 1 is 0.123 bits per heavy atom. The van der Waals surface area contributed by atoms with Crippen molar-refractivity contribution >= 4 is 347 Å². The van der Waals surface area contributed by atoms with Crippen LogP contribution in [0.2, 0.25) is 0 Å². The van der Waals surface area contributed by atoms with Crippen LogP contribution in [-0.4, -0.2) is 0 Å². The predicted octanol–water partition coefficient (Wildman–Crippen LogP) is 6.34. The van der Waals surface area contributed by atoms with E-state index in [1.165, 1.54) is 0 Å². The van der Waals surface area contributed by atoms with Crippen molar-refractivity contribution in [2.75, 3.05) is 229 Å². The van der Waals surface area contributed by atoms with Gasteiger partial charge in [0.05, 0.1) is 182 Å². The highest BCUT2D eigenvalue weighted by molar-refractivity contribution is 6.31. The van der Waals surface area contributed by atoms with Crippen molar-refractivity contribution in [3.8, 4) is 0 Å². The third kappa shape index (κ3) is 14.4. The lowest BCUT2D eigenvalue weighted by atomic mass is 9.80. The lowest BCUT2D eigenvalue weighted by molar-refractivity contribution is 1.10. The van der Waals surface area contributed by atoms with Gasteiger partial charge in [0.15, 0.2) is 0 Å². The van der Waals surface area contributed by atoms with Crippen molar-refractivity contribution in [1.82, 2.24) is 0 Å². The van der Waals surface area contributed by atoms with Gasteiger partial charge in [0.2, 0.25) is 0 Å². The van der Waals surface area contributed by atoms with Crippen molar-refractivity contribution in [2.45, 2.75) is 12.8 Å². The summed E-state index contributed by atoms with van der Waals surface area (Å²) in [5.74, 6) is 0. The first-order chi connectivity index (χ1) is 60.9. The van der Waals surface area contributed by atoms with Crippen LogP contribution in [-0.2, 0) is 12.8 Å². The number of fused-ring (bicyclic) bond motifs is 12. The minimum absolute atomic E-state index is 0.180. The van der Waals surface area contributed by atoms with E-state index >= 15 is 0 Å². The SMILES string of the molecule is NC1=Cc2c(N)c(N)c3c4c(c(N)c(N)c(c24)C1)CC(N)=C3.Nc1c(N)c(N)c(N)c(N)c1N.Nc1cc(N)c2c(N)c(N)cc(N)c2c1N.Nc1cc2c(N)c(N)c(N)cc2c(N)c1N.Nc1cc2c(N)c3cc(N)c(N)cc3c(N)c2cc1N.Nc1cc2c3cc(N)c(N)cc3c3cc(N)c(N)cc3c2cc1N.Nc1ccc(N)c2c(N)c3c(N)ccc(N)c3c(N)c12. The van der Waals surface area contributed by atoms with E-state index < -0.39 is 0 Å². The molecule has 42 heteroatoms. The fourth-order valence-corrected chi connectivity index (χ4v) is 16.3. The topological polar surface area (TPSA) is 1090 Å². The van der Waals surface area contributed by atoms with E-state index in [4.69, 9.17) is 241 Å². The average Bonchev–Trinajstić information content (AvgIpc) is 0.703. The molecule has 0 bridgehead atoms. The number of nitrogen functional groups attached to an aromatic ring is 40. The molecule has 0 radical (unpaired) electrons. The van der Waals surface area contributed by atoms with E-state index in [0.29, 0.717) is 261 Å². The number of benzene rings is 17. The first-order valence-electron chi connectivity index (χ1n) is 39.1. The summed E-state index contributed by atoms with van der Waals surface area (Å²) in [4.78, 5) is 0. The molecule has 17 aromatic rings. The largest absolute Gasteiger partial charge is 0.402 e. The molecule has 0 atom stereocenters. The Morgan fingerprint density at radius 2 is 0.308 bits per heavy atom. The number of hydrogen-bond donors (Lipinski definition) is 42. The van der Waals surface area contributed by atoms with Crippen molar-refractivity contribution < 1.29 is 0 Å². The summed E-state index contributed by atoms with van der Waals surface area (Å²) in [6, 6.07) is 31.2. The molecule has 0 unspecified atom stereocenters. The maximum Gasteiger partial charge on any atom is 0.0825 e. The Balaban J connectivity index is 0.000000130. The summed E-state index contributed by atoms with van der Waals surface area (Å²) in [7, 11) is 0. The fraction of sp³-hybridized carbons (Fsp3) is 0.0227. The summed E-state index contributed by atoms with van der Waals surface area (Å²) in [5, 5.41) is 15.6. The van der Waals surface area contributed by atoms with Crippen LogP contribution in [0.3, 0.4) is 0 Å². The molecule has 130 heavy (non-hydrogen) atoms. The Labute approximate surface area is 740 Å². The second-order valence-corrected chi connectivity index (χ2v) is 31.6. The smallest absolute Gasteiger partial charge is 0.0825 e. The van der Waals surface area contributed by atoms with Crippen LogP contribution >= 0.6 is 0 Å². The van der Waals surface area contributed by atoms with Gasteiger partial charge in [-0.05, 0) is 176 Å². The summed E-state index contributed by atoms with van der Waals surface area (Å²) in [6.45, 7) is 0. The average molecular weight is 1750 g/mol. The van der Waals surface area contributed by atoms with Gasteiger partial charge in [0, 0.05) is 145 Å². The molecule has 0 saturated heterocycles. The molecular weight excluding hydrogens is 1650 g/mol. The number of nitrogens with two attached hydrogens (primary N) is 42. The van der Waals surface area contributed by atoms with Crippen molar-refractivity contribution in [3.05, 3.63) is 143 Å². The van der Waals surface area contributed by atoms with Crippen molar-refractivity contribution in [2.24, 2.45) is 11.5 Å². The minimum Gasteiger partial charge on any atom is -0.402 e. The standard InChI is InChI=1S/C18H18N6.C16H18N6.2C14H16N6.2C10H14N6.C6H12N6/c19-13-1-7-8(2-14(13)20)10-4-17(23)18(24)6-12(10)11-5-16(22)15(21)3-9(7)11;17-5-1-7-11-8(2-5)15(21)16(22)10-4-6(18)3-9(12(10)11)14(20)13(7)19;15-9-1-5-6(2-10(9)16)14(20)8-4-12(18)11(17)3-7(8)13(5)19;15-5-1-2-6(16)10-9(5)13(19)11-7(17)3-4-8(18)12(11)14(10)20;11-3-1-5(13)9(15)8-4(12)2-6(14)10(16)7(3)8;11-5-1-3-4(8(14)9(5)15)2-6(12)10(16)7(3)13;7-1-2(8)4(10)6(12)5(11)3(1)9/h1-6H,19-24H2;1,3H,2,4,17-22H2;2*1-4H,15-20H2;2*1-2H,11-16H2;7-12H2. The lowest BCUT2D eigenvalue weighted by Crippen LogP contribution is -2.18. The Hall–Kier alpha value is -19.6. The molecule has 84 N–H and O–H groups in total. The first kappa shape index (κ1) is 88.2. The van der Waals surface area contributed by atoms with Gasteiger partial charge in [-0.25, -0.2) is 0 Å². The van der Waals surface area contributed by atoms with Crippen LogP contribution in [0.4, 0.5) is 227 Å². The van der Waals surface area contributed by atoms with E-state index in [-0.39, 0.29) is 34.1 Å². The van der Waals surface area contributed by atoms with E-state index in [1.54, 1.807) is 72.8 Å². The lowest BCUT2D eigenvalue weighted by Gasteiger charge is -2.28. The third-order valence-electron chi connectivity index (χ3n) is 23.4. The number of rotatable bonds is 0. The van der Waals surface area contributed by atoms with Gasteiger partial charge in [-0.15, -0.1) is 0 Å². The van der Waals surface area contributed by atoms with Crippen LogP contribution in [0, 0.1) is 0 Å². The van der Waals surface area contributed by atoms with E-state index in [0.717, 1.165) is 86.9 Å². The first-order valence-corrected chi connectivity index (χ1v) is 39.1. The number of anilines is 40. The molecule has 42 nitrogen and oxygen atoms in total. The zero-order valence-corrected chi connectivity index (χ0v) is 70.2. The normalized spacial score (nSPS) is 11.8. The Kier molecular flexibility index (Phi) is 21.7. The molecule has 0 spiro atoms. The van der Waals surface area contributed by atoms with Gasteiger partial charge >= 0.3 is 0 Å². The van der Waals surface area contributed by atoms with Crippen LogP contribution in [0.5, 0.6) is 0 Å². The van der Waals surface area contributed by atoms with E-state index in [1.807, 2.05) is 48.6 Å². The third-order valence-corrected chi connectivity index (χ3v) is 23.4. The Bertz CT molecular complexity index is 7040. The molecule has 0 aliphatic heterocycles. The summed E-state index contributed by atoms with van der Waals surface area (Å²) in [6.07, 6.45) is 4.86. The molecule has 0 heterocycles. The molecule has 0 saturated carbocycles. The van der Waals surface area contributed by atoms with Crippen molar-refractivity contribution in [3.63, 3.8) is 0 Å². The highest BCUT2D eigenvalue weighted by atomic mass is 14.9. The quantitative estimate of drug-likeness (QED) is 0.0341. The number of allylic oxidation sites excluding steroid dienone is 2. The van der Waals surface area contributed by atoms with Crippen LogP contribution in [0.15, 0.2) is 121 Å². The van der Waals surface area contributed by atoms with Gasteiger partial charge in [-0.1, -0.05) is 0 Å². The van der Waals surface area contributed by atoms with E-state index in [2.05, 4.69) is 0 Å². The molecule has 0 fully saturated rings. The predicted molar refractivity (Wildman–Crippen MR) is 568 cm³/mol. The Morgan fingerprint density at radius 3 is 0.531 bits per heavy atom. The zero-order chi connectivity index (χ0) is 95.7. The second-order valence-electron chi connectivity index (χ2n) is 31.6. The maximum atomic E-state index is 6.27. The molecular formula is C88H108N42. The molecule has 670 valence electrons. The minimum atomic E-state index is 0.180. The second kappa shape index (κ2) is 32.0. The van der Waals surface area contributed by atoms with Gasteiger partial charge < -0.3 is 241 Å². The molecule has 17 aromatic carbocycles. The molecule has 2 aliphatic rings. The van der Waals surface area contributed by atoms with Gasteiger partial charge in [0.1, 0.15) is 0 Å². The van der Waals surface area contributed by atoms with Gasteiger partial charge in [0.25, 0.3) is 0 Å². The number of hydrogen-bond acceptors (Lipinski definition) is 42. The van der Waals surface area contributed by atoms with Gasteiger partial charge in [-0.2, -0.15) is 0 Å². The fourth-order valence-electron chi connectivity index (χ4n) is 16.3. The summed E-state index contributed by atoms with van der Waals surface area (Å²) >= 11 is 0. The monoisotopic (exact) mass is 1750 g/mol. The van der Waals surface area contributed by atoms with Crippen molar-refractivity contribution in [1.29, 1.82) is 0 Å². The van der Waals surface area contributed by atoms with E-state index in [9.17, 15) is 0 Å². The zero-order valence-electron chi connectivity index (χ0n) is 70.2. The summed E-state index contributed by atoms with van der Waals surface area (Å²) < 4.78 is 0. The molecule has 19 rings (SSSR count). The molecule has 0 amide bonds. The van der Waals surface area contributed by atoms with Gasteiger partial charge in [-0.3, -0.25) is 0 Å². The highest BCUT2D eigenvalue weighted by Crippen LogP contribution is 2.52. The highest BCUT2D eigenvalue weighted by Gasteiger charge is 2.30. The molecule has 2 aliphatic carbocycles. The van der Waals surface area contributed by atoms with Crippen LogP contribution in [0.1, 0.15) is 22.3 Å². The molecule has 0 aromatic heterocycles. The summed E-state index contributed by atoms with van der Waals surface area (Å²) in [5.41, 5.74) is 269. The van der Waals surface area contributed by atoms with Crippen LogP contribution < -0.4 is 241 Å². The van der Waals surface area contributed by atoms with Crippen LogP contribution in [0.25, 0.3) is 120 Å². The maximum absolute atomic E-state index is 6.27.